The van der Waals surface area contributed by atoms with Crippen molar-refractivity contribution in [2.24, 2.45) is 5.92 Å². The summed E-state index contributed by atoms with van der Waals surface area (Å²) < 4.78 is 33.2. The molecular formula is C22H31N3O4S. The highest BCUT2D eigenvalue weighted by molar-refractivity contribution is 7.86. The maximum absolute atomic E-state index is 12.9. The molecule has 1 heterocycles. The van der Waals surface area contributed by atoms with E-state index in [2.05, 4.69) is 17.4 Å². The molecule has 8 heteroatoms. The van der Waals surface area contributed by atoms with Gasteiger partial charge in [-0.25, -0.2) is 0 Å². The number of rotatable bonds is 7. The van der Waals surface area contributed by atoms with Gasteiger partial charge >= 0.3 is 0 Å². The van der Waals surface area contributed by atoms with Gasteiger partial charge in [-0.3, -0.25) is 4.79 Å². The second-order valence-corrected chi connectivity index (χ2v) is 10.2. The minimum Gasteiger partial charge on any atom is -0.500 e. The van der Waals surface area contributed by atoms with E-state index >= 15 is 0 Å². The number of nitrogens with zero attached hydrogens (tertiary/aromatic N) is 2. The summed E-state index contributed by atoms with van der Waals surface area (Å²) in [5.41, 5.74) is 0.815. The number of carbonyl (C=O) groups is 1. The van der Waals surface area contributed by atoms with Crippen molar-refractivity contribution in [3.8, 4) is 0 Å². The number of hydrogen-bond acceptors (Lipinski definition) is 4. The fraction of sp³-hybridized carbons (Fsp3) is 0.500. The average molecular weight is 434 g/mol. The Kier molecular flexibility index (Phi) is 7.00. The predicted octanol–water partition coefficient (Wildman–Crippen LogP) is 2.05. The van der Waals surface area contributed by atoms with Crippen LogP contribution < -0.4 is 5.32 Å². The van der Waals surface area contributed by atoms with Crippen LogP contribution in [0.2, 0.25) is 0 Å². The first-order valence-corrected chi connectivity index (χ1v) is 11.6. The molecule has 0 bridgehead atoms. The van der Waals surface area contributed by atoms with E-state index in [0.29, 0.717) is 44.7 Å². The highest BCUT2D eigenvalue weighted by Gasteiger charge is 2.40. The summed E-state index contributed by atoms with van der Waals surface area (Å²) >= 11 is 0. The normalized spacial score (nSPS) is 21.9. The molecule has 1 aromatic carbocycles. The summed E-state index contributed by atoms with van der Waals surface area (Å²) in [6, 6.07) is 10.1. The SMILES string of the molecule is COC1=CC=CCC1C(=O)NCC1(c2ccccc2)CCN(S(=O)(=O)N(C)C)CC1. The van der Waals surface area contributed by atoms with E-state index in [1.54, 1.807) is 21.2 Å². The minimum absolute atomic E-state index is 0.0638. The van der Waals surface area contributed by atoms with Crippen LogP contribution in [0.15, 0.2) is 54.3 Å². The molecule has 1 amide bonds. The van der Waals surface area contributed by atoms with E-state index in [4.69, 9.17) is 4.74 Å². The Morgan fingerprint density at radius 3 is 2.50 bits per heavy atom. The van der Waals surface area contributed by atoms with Crippen molar-refractivity contribution in [3.63, 3.8) is 0 Å². The monoisotopic (exact) mass is 433 g/mol. The fourth-order valence-corrected chi connectivity index (χ4v) is 5.28. The van der Waals surface area contributed by atoms with Gasteiger partial charge in [-0.05, 0) is 30.9 Å². The molecule has 1 aromatic rings. The van der Waals surface area contributed by atoms with E-state index in [1.807, 2.05) is 36.4 Å². The first-order valence-electron chi connectivity index (χ1n) is 10.2. The van der Waals surface area contributed by atoms with Crippen molar-refractivity contribution in [3.05, 3.63) is 59.9 Å². The zero-order chi connectivity index (χ0) is 21.8. The Hall–Kier alpha value is -2.16. The van der Waals surface area contributed by atoms with Crippen molar-refractivity contribution in [1.29, 1.82) is 0 Å². The van der Waals surface area contributed by atoms with Crippen molar-refractivity contribution in [2.75, 3.05) is 40.8 Å². The summed E-state index contributed by atoms with van der Waals surface area (Å²) in [6.45, 7) is 1.30. The lowest BCUT2D eigenvalue weighted by Crippen LogP contribution is -2.52. The summed E-state index contributed by atoms with van der Waals surface area (Å²) in [4.78, 5) is 12.9. The van der Waals surface area contributed by atoms with E-state index < -0.39 is 10.2 Å². The molecule has 164 valence electrons. The van der Waals surface area contributed by atoms with E-state index in [0.717, 1.165) is 5.56 Å². The number of methoxy groups -OCH3 is 1. The Morgan fingerprint density at radius 1 is 1.23 bits per heavy atom. The van der Waals surface area contributed by atoms with Crippen molar-refractivity contribution >= 4 is 16.1 Å². The van der Waals surface area contributed by atoms with Gasteiger partial charge in [-0.15, -0.1) is 0 Å². The first-order chi connectivity index (χ1) is 14.3. The number of piperidine rings is 1. The van der Waals surface area contributed by atoms with E-state index in [1.165, 1.54) is 8.61 Å². The third-order valence-corrected chi connectivity index (χ3v) is 8.06. The van der Waals surface area contributed by atoms with Crippen molar-refractivity contribution in [2.45, 2.75) is 24.7 Å². The van der Waals surface area contributed by atoms with Gasteiger partial charge in [0.2, 0.25) is 5.91 Å². The maximum Gasteiger partial charge on any atom is 0.281 e. The van der Waals surface area contributed by atoms with Crippen molar-refractivity contribution < 1.29 is 17.9 Å². The standard InChI is InChI=1S/C22H31N3O4S/c1-24(2)30(27,28)25-15-13-22(14-16-25,18-9-5-4-6-10-18)17-23-21(26)19-11-7-8-12-20(19)29-3/h4-10,12,19H,11,13-17H2,1-3H3,(H,23,26). The van der Waals surface area contributed by atoms with Gasteiger partial charge in [0, 0.05) is 39.1 Å². The zero-order valence-corrected chi connectivity index (χ0v) is 18.7. The van der Waals surface area contributed by atoms with Gasteiger partial charge in [0.05, 0.1) is 13.0 Å². The third kappa shape index (κ3) is 4.61. The number of ether oxygens (including phenoxy) is 1. The number of hydrogen-bond donors (Lipinski definition) is 1. The van der Waals surface area contributed by atoms with Crippen LogP contribution in [-0.2, 0) is 25.2 Å². The lowest BCUT2D eigenvalue weighted by Gasteiger charge is -2.42. The molecule has 2 aliphatic rings. The van der Waals surface area contributed by atoms with E-state index in [9.17, 15) is 13.2 Å². The summed E-state index contributed by atoms with van der Waals surface area (Å²) in [6.07, 6.45) is 7.58. The zero-order valence-electron chi connectivity index (χ0n) is 17.9. The number of benzene rings is 1. The number of carbonyl (C=O) groups excluding carboxylic acids is 1. The molecule has 1 fully saturated rings. The number of allylic oxidation sites excluding steroid dienone is 3. The molecule has 3 rings (SSSR count). The van der Waals surface area contributed by atoms with Crippen LogP contribution in [-0.4, -0.2) is 63.8 Å². The van der Waals surface area contributed by atoms with Crippen LogP contribution >= 0.6 is 0 Å². The van der Waals surface area contributed by atoms with Gasteiger partial charge in [-0.1, -0.05) is 42.5 Å². The minimum atomic E-state index is -3.44. The largest absolute Gasteiger partial charge is 0.500 e. The average Bonchev–Trinajstić information content (AvgIpc) is 2.78. The molecule has 7 nitrogen and oxygen atoms in total. The third-order valence-electron chi connectivity index (χ3n) is 6.12. The van der Waals surface area contributed by atoms with Gasteiger partial charge in [0.25, 0.3) is 10.2 Å². The lowest BCUT2D eigenvalue weighted by atomic mass is 9.73. The highest BCUT2D eigenvalue weighted by Crippen LogP contribution is 2.36. The first kappa shape index (κ1) is 22.5. The topological polar surface area (TPSA) is 79.0 Å². The molecule has 30 heavy (non-hydrogen) atoms. The molecule has 0 radical (unpaired) electrons. The second kappa shape index (κ2) is 9.32. The van der Waals surface area contributed by atoms with Crippen LogP contribution in [0.4, 0.5) is 0 Å². The van der Waals surface area contributed by atoms with Crippen LogP contribution in [0.1, 0.15) is 24.8 Å². The van der Waals surface area contributed by atoms with Gasteiger partial charge in [-0.2, -0.15) is 17.0 Å². The van der Waals surface area contributed by atoms with Crippen LogP contribution in [0, 0.1) is 5.92 Å². The number of nitrogens with one attached hydrogen (secondary N) is 1. The van der Waals surface area contributed by atoms with Gasteiger partial charge in [0.15, 0.2) is 0 Å². The molecular weight excluding hydrogens is 402 g/mol. The molecule has 1 unspecified atom stereocenters. The van der Waals surface area contributed by atoms with Crippen LogP contribution in [0.3, 0.4) is 0 Å². The van der Waals surface area contributed by atoms with E-state index in [-0.39, 0.29) is 17.2 Å². The molecule has 1 aliphatic heterocycles. The van der Waals surface area contributed by atoms with Crippen LogP contribution in [0.5, 0.6) is 0 Å². The highest BCUT2D eigenvalue weighted by atomic mass is 32.2. The molecule has 1 N–H and O–H groups in total. The molecule has 1 saturated heterocycles. The predicted molar refractivity (Wildman–Crippen MR) is 117 cm³/mol. The summed E-state index contributed by atoms with van der Waals surface area (Å²) in [7, 11) is 1.24. The quantitative estimate of drug-likeness (QED) is 0.714. The summed E-state index contributed by atoms with van der Waals surface area (Å²) in [5, 5.41) is 3.13. The Balaban J connectivity index is 1.76. The second-order valence-electron chi connectivity index (χ2n) is 8.04. The Labute approximate surface area is 179 Å². The lowest BCUT2D eigenvalue weighted by molar-refractivity contribution is -0.125. The fourth-order valence-electron chi connectivity index (χ4n) is 4.17. The molecule has 1 aliphatic carbocycles. The van der Waals surface area contributed by atoms with Crippen LogP contribution in [0.25, 0.3) is 0 Å². The molecule has 0 aromatic heterocycles. The number of amides is 1. The molecule has 1 atom stereocenters. The molecule has 0 spiro atoms. The van der Waals surface area contributed by atoms with Crippen molar-refractivity contribution in [1.82, 2.24) is 13.9 Å². The molecule has 0 saturated carbocycles. The smallest absolute Gasteiger partial charge is 0.281 e. The van der Waals surface area contributed by atoms with Gasteiger partial charge in [0.1, 0.15) is 5.76 Å². The Bertz CT molecular complexity index is 902. The maximum atomic E-state index is 12.9. The Morgan fingerprint density at radius 2 is 1.90 bits per heavy atom. The summed E-state index contributed by atoms with van der Waals surface area (Å²) in [5.74, 6) is 0.267. The van der Waals surface area contributed by atoms with Gasteiger partial charge < -0.3 is 10.1 Å².